The van der Waals surface area contributed by atoms with Crippen LogP contribution in [0.15, 0.2) is 237 Å². The summed E-state index contributed by atoms with van der Waals surface area (Å²) in [5.41, 5.74) is 5.12. The zero-order valence-electron chi connectivity index (χ0n) is 45.8. The van der Waals surface area contributed by atoms with E-state index in [2.05, 4.69) is 75.7 Å². The molecule has 3 heterocycles. The third-order valence-corrected chi connectivity index (χ3v) is 28.0. The average Bonchev–Trinajstić information content (AvgIpc) is 3.43. The summed E-state index contributed by atoms with van der Waals surface area (Å²) in [5.74, 6) is 1.21. The monoisotopic (exact) mass is 922 g/mol. The molecule has 0 aliphatic carbocycles. The lowest BCUT2D eigenvalue weighted by atomic mass is 9.98. The summed E-state index contributed by atoms with van der Waals surface area (Å²) in [5, 5.41) is 4.09. The van der Waals surface area contributed by atoms with Crippen LogP contribution in [0.1, 0.15) is 23.5 Å². The van der Waals surface area contributed by atoms with E-state index in [1.165, 1.54) is 0 Å². The summed E-state index contributed by atoms with van der Waals surface area (Å²) in [6, 6.07) is 75.2. The first-order valence-corrected chi connectivity index (χ1v) is 29.1. The Morgan fingerprint density at radius 1 is 0.463 bits per heavy atom. The predicted molar refractivity (Wildman–Crippen MR) is 288 cm³/mol. The SMILES string of the molecule is [2H]C([2H])([2H])[Si](C)(c1ccccc1)C1([Si](c2ccccc2)(C([2H])([2H])[2H])C([2H])([2H])[2H])c2ccccc2Oc2c1cccc2[Si](c1ccccc1)(c1ccccc1)c1cccc(-n2c3ccccc3n3c4ccccc4nc23)c1. The van der Waals surface area contributed by atoms with Crippen LogP contribution < -0.4 is 35.9 Å². The topological polar surface area (TPSA) is 31.5 Å². The number of hydrogen-bond donors (Lipinski definition) is 0. The normalized spacial score (nSPS) is 18.3. The number of benzene rings is 9. The van der Waals surface area contributed by atoms with Crippen molar-refractivity contribution in [3.63, 3.8) is 0 Å². The molecule has 0 bridgehead atoms. The zero-order valence-corrected chi connectivity index (χ0v) is 39.8. The van der Waals surface area contributed by atoms with Crippen LogP contribution in [0.3, 0.4) is 0 Å². The maximum atomic E-state index is 10.1. The number of fused-ring (bicyclic) bond motifs is 7. The first-order chi connectivity index (χ1) is 36.5. The molecule has 0 saturated carbocycles. The van der Waals surface area contributed by atoms with Gasteiger partial charge in [-0.25, -0.2) is 4.98 Å². The van der Waals surface area contributed by atoms with Crippen molar-refractivity contribution in [1.29, 1.82) is 0 Å². The van der Waals surface area contributed by atoms with Gasteiger partial charge in [0.15, 0.2) is 8.07 Å². The van der Waals surface area contributed by atoms with Gasteiger partial charge >= 0.3 is 0 Å². The number of rotatable bonds is 9. The molecule has 12 rings (SSSR count). The summed E-state index contributed by atoms with van der Waals surface area (Å²) < 4.78 is 100. The largest absolute Gasteiger partial charge is 0.457 e. The quantitative estimate of drug-likeness (QED) is 0.107. The number of para-hydroxylation sites is 6. The summed E-state index contributed by atoms with van der Waals surface area (Å²) >= 11 is 0. The molecule has 67 heavy (non-hydrogen) atoms. The van der Waals surface area contributed by atoms with Crippen LogP contribution >= 0.6 is 0 Å². The molecular formula is C60H51N3OSi3. The number of hydrogen-bond acceptors (Lipinski definition) is 2. The van der Waals surface area contributed by atoms with Gasteiger partial charge in [-0.1, -0.05) is 230 Å². The highest BCUT2D eigenvalue weighted by atomic mass is 28.4. The zero-order chi connectivity index (χ0) is 52.9. The Morgan fingerprint density at radius 3 is 1.63 bits per heavy atom. The number of ether oxygens (including phenoxy) is 1. The molecule has 2 atom stereocenters. The molecular weight excluding hydrogens is 863 g/mol. The molecule has 0 amide bonds. The minimum Gasteiger partial charge on any atom is -0.457 e. The maximum Gasteiger partial charge on any atom is 0.220 e. The van der Waals surface area contributed by atoms with Gasteiger partial charge in [0, 0.05) is 33.8 Å². The van der Waals surface area contributed by atoms with Crippen LogP contribution in [0, 0.1) is 0 Å². The molecule has 0 N–H and O–H groups in total. The molecule has 7 heteroatoms. The Balaban J connectivity index is 1.29. The summed E-state index contributed by atoms with van der Waals surface area (Å²) in [7, 11) is -14.2. The van der Waals surface area contributed by atoms with E-state index < -0.39 is 48.3 Å². The van der Waals surface area contributed by atoms with Crippen LogP contribution in [-0.2, 0) is 4.66 Å². The fraction of sp³-hybridized carbons (Fsp3) is 0.0833. The molecule has 2 aromatic heterocycles. The van der Waals surface area contributed by atoms with Gasteiger partial charge in [-0.3, -0.25) is 8.97 Å². The van der Waals surface area contributed by atoms with E-state index in [9.17, 15) is 12.3 Å². The summed E-state index contributed by atoms with van der Waals surface area (Å²) in [6.45, 7) is -7.72. The van der Waals surface area contributed by atoms with Crippen LogP contribution in [0.25, 0.3) is 33.5 Å². The summed E-state index contributed by atoms with van der Waals surface area (Å²) in [6.07, 6.45) is 0. The minimum absolute atomic E-state index is 0.112. The minimum atomic E-state index is -5.56. The van der Waals surface area contributed by atoms with E-state index >= 15 is 0 Å². The number of imidazole rings is 2. The Hall–Kier alpha value is -7.30. The van der Waals surface area contributed by atoms with Crippen molar-refractivity contribution in [2.24, 2.45) is 0 Å². The van der Waals surface area contributed by atoms with Crippen molar-refractivity contribution >= 4 is 83.2 Å². The van der Waals surface area contributed by atoms with Crippen LogP contribution in [-0.4, -0.2) is 38.2 Å². The first-order valence-electron chi connectivity index (χ1n) is 27.1. The molecule has 0 spiro atoms. The molecule has 2 unspecified atom stereocenters. The van der Waals surface area contributed by atoms with Crippen molar-refractivity contribution in [2.75, 3.05) is 0 Å². The molecule has 11 aromatic rings. The lowest BCUT2D eigenvalue weighted by molar-refractivity contribution is 0.453. The van der Waals surface area contributed by atoms with E-state index in [0.29, 0.717) is 10.4 Å². The second-order valence-corrected chi connectivity index (χ2v) is 28.4. The van der Waals surface area contributed by atoms with Gasteiger partial charge < -0.3 is 4.74 Å². The fourth-order valence-corrected chi connectivity index (χ4v) is 25.3. The molecule has 0 radical (unpaired) electrons. The highest BCUT2D eigenvalue weighted by molar-refractivity contribution is 7.20. The van der Waals surface area contributed by atoms with Gasteiger partial charge in [0.2, 0.25) is 5.78 Å². The molecule has 324 valence electrons. The van der Waals surface area contributed by atoms with Gasteiger partial charge in [0.1, 0.15) is 11.5 Å². The van der Waals surface area contributed by atoms with Gasteiger partial charge in [-0.15, -0.1) is 0 Å². The van der Waals surface area contributed by atoms with E-state index in [1.54, 1.807) is 97.5 Å². The Bertz CT molecular complexity index is 3930. The molecule has 9 aromatic carbocycles. The van der Waals surface area contributed by atoms with E-state index in [-0.39, 0.29) is 27.8 Å². The highest BCUT2D eigenvalue weighted by Crippen LogP contribution is 2.56. The number of nitrogens with zero attached hydrogens (tertiary/aromatic N) is 3. The lowest BCUT2D eigenvalue weighted by Gasteiger charge is -2.58. The smallest absolute Gasteiger partial charge is 0.220 e. The highest BCUT2D eigenvalue weighted by Gasteiger charge is 2.64. The van der Waals surface area contributed by atoms with Crippen molar-refractivity contribution in [1.82, 2.24) is 14.0 Å². The third kappa shape index (κ3) is 5.84. The Morgan fingerprint density at radius 2 is 0.970 bits per heavy atom. The second-order valence-electron chi connectivity index (χ2n) is 17.7. The standard InChI is InChI=1S/C60H51N3OSi3/c1-65(2,45-26-9-5-10-27-45)60(66(3,4)46-28-11-6-12-29-46)50-35-17-22-41-56(50)64-58-51(60)36-24-42-57(58)67(47-30-13-7-14-31-47,48-32-15-8-16-33-48)49-34-23-25-44(43-49)62-54-39-20-21-40-55(54)63-53-38-19-18-37-52(53)61-59(62)63/h5-43H,1-4H3/i1D3,2D3,3D3. The van der Waals surface area contributed by atoms with Crippen molar-refractivity contribution in [2.45, 2.75) is 30.6 Å². The van der Waals surface area contributed by atoms with Crippen LogP contribution in [0.4, 0.5) is 0 Å². The number of aromatic nitrogens is 3. The molecule has 0 fully saturated rings. The molecule has 1 aliphatic heterocycles. The fourth-order valence-electron chi connectivity index (χ4n) is 11.4. The van der Waals surface area contributed by atoms with Gasteiger partial charge in [0.05, 0.1) is 38.2 Å². The second kappa shape index (κ2) is 15.7. The van der Waals surface area contributed by atoms with Crippen molar-refractivity contribution < 1.29 is 17.1 Å². The Kier molecular flexibility index (Phi) is 7.57. The lowest BCUT2D eigenvalue weighted by Crippen LogP contribution is -2.77. The van der Waals surface area contributed by atoms with Crippen molar-refractivity contribution in [3.8, 4) is 17.2 Å². The van der Waals surface area contributed by atoms with Crippen molar-refractivity contribution in [3.05, 3.63) is 248 Å². The molecule has 4 nitrogen and oxygen atoms in total. The Labute approximate surface area is 408 Å². The molecule has 1 aliphatic rings. The van der Waals surface area contributed by atoms with Gasteiger partial charge in [-0.2, -0.15) is 0 Å². The molecule has 0 saturated heterocycles. The average molecular weight is 923 g/mol. The van der Waals surface area contributed by atoms with Gasteiger partial charge in [0.25, 0.3) is 0 Å². The third-order valence-electron chi connectivity index (χ3n) is 14.3. The maximum absolute atomic E-state index is 10.1. The van der Waals surface area contributed by atoms with E-state index in [1.807, 2.05) is 78.9 Å². The van der Waals surface area contributed by atoms with Crippen LogP contribution in [0.2, 0.25) is 26.0 Å². The summed E-state index contributed by atoms with van der Waals surface area (Å²) in [4.78, 5) is 5.23. The van der Waals surface area contributed by atoms with Gasteiger partial charge in [-0.05, 0) is 63.2 Å². The van der Waals surface area contributed by atoms with E-state index in [0.717, 1.165) is 49.1 Å². The predicted octanol–water partition coefficient (Wildman–Crippen LogP) is 10.5. The van der Waals surface area contributed by atoms with E-state index in [4.69, 9.17) is 9.72 Å². The van der Waals surface area contributed by atoms with Crippen LogP contribution in [0.5, 0.6) is 11.5 Å². The first kappa shape index (κ1) is 32.4.